The number of anilines is 1. The Labute approximate surface area is 240 Å². The molecule has 3 aromatic rings. The lowest BCUT2D eigenvalue weighted by Crippen LogP contribution is -2.54. The molecule has 3 heterocycles. The van der Waals surface area contributed by atoms with Gasteiger partial charge in [-0.25, -0.2) is 4.79 Å². The molecular formula is C30H26N6O6. The third-order valence-electron chi connectivity index (χ3n) is 7.20. The van der Waals surface area contributed by atoms with Gasteiger partial charge in [-0.15, -0.1) is 0 Å². The van der Waals surface area contributed by atoms with Gasteiger partial charge in [0.25, 0.3) is 11.8 Å². The molecule has 6 amide bonds. The zero-order valence-electron chi connectivity index (χ0n) is 23.0. The Kier molecular flexibility index (Phi) is 7.18. The number of nitriles is 1. The largest absolute Gasteiger partial charge is 0.496 e. The second-order valence-corrected chi connectivity index (χ2v) is 10.4. The number of ether oxygens (including phenoxy) is 1. The number of imide groups is 2. The summed E-state index contributed by atoms with van der Waals surface area (Å²) in [5.41, 5.74) is 2.14. The highest BCUT2D eigenvalue weighted by molar-refractivity contribution is 6.24. The first-order valence-electron chi connectivity index (χ1n) is 13.0. The maximum atomic E-state index is 13.1. The minimum atomic E-state index is -1.08. The molecule has 3 N–H and O–H groups in total. The smallest absolute Gasteiger partial charge is 0.319 e. The Morgan fingerprint density at radius 1 is 1.05 bits per heavy atom. The van der Waals surface area contributed by atoms with Crippen molar-refractivity contribution in [1.29, 1.82) is 5.26 Å². The molecule has 0 radical (unpaired) electrons. The maximum Gasteiger partial charge on any atom is 0.319 e. The third kappa shape index (κ3) is 5.15. The van der Waals surface area contributed by atoms with E-state index in [2.05, 4.69) is 27.0 Å². The molecule has 12 nitrogen and oxygen atoms in total. The summed E-state index contributed by atoms with van der Waals surface area (Å²) in [4.78, 5) is 67.8. The predicted molar refractivity (Wildman–Crippen MR) is 149 cm³/mol. The molecule has 2 aromatic carbocycles. The van der Waals surface area contributed by atoms with Gasteiger partial charge >= 0.3 is 6.03 Å². The van der Waals surface area contributed by atoms with E-state index in [9.17, 15) is 29.2 Å². The molecule has 0 spiro atoms. The van der Waals surface area contributed by atoms with E-state index < -0.39 is 41.2 Å². The second-order valence-electron chi connectivity index (χ2n) is 10.4. The number of fused-ring (bicyclic) bond motifs is 1. The van der Waals surface area contributed by atoms with Crippen molar-refractivity contribution in [2.24, 2.45) is 0 Å². The van der Waals surface area contributed by atoms with Crippen LogP contribution in [0.1, 0.15) is 58.5 Å². The van der Waals surface area contributed by atoms with Gasteiger partial charge < -0.3 is 15.4 Å². The zero-order chi connectivity index (χ0) is 30.2. The van der Waals surface area contributed by atoms with Gasteiger partial charge in [0.05, 0.1) is 29.3 Å². The number of amides is 6. The quantitative estimate of drug-likeness (QED) is 0.382. The molecule has 0 bridgehead atoms. The number of piperidine rings is 1. The number of hydrogen-bond acceptors (Lipinski definition) is 8. The summed E-state index contributed by atoms with van der Waals surface area (Å²) in [5, 5.41) is 16.9. The lowest BCUT2D eigenvalue weighted by molar-refractivity contribution is -0.136. The molecule has 0 saturated carbocycles. The van der Waals surface area contributed by atoms with Gasteiger partial charge in [0.15, 0.2) is 0 Å². The van der Waals surface area contributed by atoms with E-state index in [1.165, 1.54) is 31.5 Å². The summed E-state index contributed by atoms with van der Waals surface area (Å²) in [5.74, 6) is -1.95. The van der Waals surface area contributed by atoms with Crippen molar-refractivity contribution >= 4 is 35.3 Å². The highest BCUT2D eigenvalue weighted by atomic mass is 16.5. The number of rotatable bonds is 6. The fourth-order valence-electron chi connectivity index (χ4n) is 5.11. The average molecular weight is 567 g/mol. The Bertz CT molecular complexity index is 1710. The summed E-state index contributed by atoms with van der Waals surface area (Å²) in [6.45, 7) is 3.59. The fraction of sp³-hybridized carbons (Fsp3) is 0.233. The van der Waals surface area contributed by atoms with Crippen LogP contribution in [0.4, 0.5) is 10.5 Å². The molecule has 12 heteroatoms. The molecule has 212 valence electrons. The number of nitrogens with one attached hydrogen (secondary N) is 3. The summed E-state index contributed by atoms with van der Waals surface area (Å²) >= 11 is 0. The molecule has 1 aromatic heterocycles. The van der Waals surface area contributed by atoms with E-state index in [1.807, 2.05) is 12.1 Å². The highest BCUT2D eigenvalue weighted by Gasteiger charge is 2.44. The molecule has 42 heavy (non-hydrogen) atoms. The van der Waals surface area contributed by atoms with Crippen LogP contribution < -0.4 is 20.7 Å². The highest BCUT2D eigenvalue weighted by Crippen LogP contribution is 2.34. The van der Waals surface area contributed by atoms with Crippen LogP contribution in [-0.2, 0) is 15.1 Å². The van der Waals surface area contributed by atoms with Gasteiger partial charge in [-0.2, -0.15) is 5.26 Å². The normalized spacial score (nSPS) is 16.4. The van der Waals surface area contributed by atoms with Crippen LogP contribution in [0.2, 0.25) is 0 Å². The Morgan fingerprint density at radius 2 is 1.81 bits per heavy atom. The van der Waals surface area contributed by atoms with Crippen LogP contribution in [0.25, 0.3) is 11.1 Å². The van der Waals surface area contributed by atoms with Crippen molar-refractivity contribution in [1.82, 2.24) is 20.5 Å². The first kappa shape index (κ1) is 28.0. The lowest BCUT2D eigenvalue weighted by Gasteiger charge is -2.29. The van der Waals surface area contributed by atoms with Gasteiger partial charge in [0.2, 0.25) is 11.8 Å². The number of carbonyl (C=O) groups is 5. The summed E-state index contributed by atoms with van der Waals surface area (Å²) in [6.07, 6.45) is 3.19. The minimum Gasteiger partial charge on any atom is -0.496 e. The molecule has 1 saturated heterocycles. The number of urea groups is 1. The number of nitrogens with zero attached hydrogens (tertiary/aromatic N) is 3. The first-order valence-corrected chi connectivity index (χ1v) is 13.0. The van der Waals surface area contributed by atoms with Crippen LogP contribution >= 0.6 is 0 Å². The SMILES string of the molecule is COc1cc(-c2cncc(C#N)c2)ccc1C(C)(C)NC(=O)Nc1ccc2c(c1)C(=O)N(C1CCC(=O)NC1=O)C2=O. The number of aromatic nitrogens is 1. The number of methoxy groups -OCH3 is 1. The van der Waals surface area contributed by atoms with Gasteiger partial charge in [-0.1, -0.05) is 12.1 Å². The van der Waals surface area contributed by atoms with Gasteiger partial charge in [-0.05, 0) is 56.2 Å². The van der Waals surface area contributed by atoms with Crippen molar-refractivity contribution in [3.8, 4) is 22.9 Å². The van der Waals surface area contributed by atoms with E-state index in [0.29, 0.717) is 16.9 Å². The van der Waals surface area contributed by atoms with Crippen LogP contribution in [0.5, 0.6) is 5.75 Å². The number of benzene rings is 2. The minimum absolute atomic E-state index is 0.0195. The first-order chi connectivity index (χ1) is 20.0. The Balaban J connectivity index is 1.31. The van der Waals surface area contributed by atoms with E-state index in [4.69, 9.17) is 4.74 Å². The van der Waals surface area contributed by atoms with Gasteiger partial charge in [-0.3, -0.25) is 34.4 Å². The summed E-state index contributed by atoms with van der Waals surface area (Å²) in [7, 11) is 1.52. The summed E-state index contributed by atoms with van der Waals surface area (Å²) < 4.78 is 5.62. The van der Waals surface area contributed by atoms with Crippen LogP contribution in [0, 0.1) is 11.3 Å². The van der Waals surface area contributed by atoms with Crippen LogP contribution in [0.15, 0.2) is 54.9 Å². The van der Waals surface area contributed by atoms with E-state index >= 15 is 0 Å². The Hall–Kier alpha value is -5.57. The van der Waals surface area contributed by atoms with Crippen LogP contribution in [-0.4, -0.2) is 52.7 Å². The van der Waals surface area contributed by atoms with Gasteiger partial charge in [0, 0.05) is 35.6 Å². The predicted octanol–water partition coefficient (Wildman–Crippen LogP) is 3.09. The third-order valence-corrected chi connectivity index (χ3v) is 7.20. The lowest BCUT2D eigenvalue weighted by atomic mass is 9.91. The van der Waals surface area contributed by atoms with E-state index in [0.717, 1.165) is 16.0 Å². The van der Waals surface area contributed by atoms with Gasteiger partial charge in [0.1, 0.15) is 17.9 Å². The van der Waals surface area contributed by atoms with Crippen molar-refractivity contribution in [2.45, 2.75) is 38.3 Å². The molecule has 2 aliphatic heterocycles. The molecule has 1 atom stereocenters. The molecule has 2 aliphatic rings. The van der Waals surface area contributed by atoms with Crippen molar-refractivity contribution in [3.05, 3.63) is 77.1 Å². The molecule has 1 unspecified atom stereocenters. The second kappa shape index (κ2) is 10.8. The monoisotopic (exact) mass is 566 g/mol. The molecule has 1 fully saturated rings. The van der Waals surface area contributed by atoms with Crippen molar-refractivity contribution in [3.63, 3.8) is 0 Å². The number of carbonyl (C=O) groups excluding carboxylic acids is 5. The number of pyridine rings is 1. The number of hydrogen-bond donors (Lipinski definition) is 3. The van der Waals surface area contributed by atoms with Crippen molar-refractivity contribution in [2.75, 3.05) is 12.4 Å². The average Bonchev–Trinajstić information content (AvgIpc) is 3.21. The van der Waals surface area contributed by atoms with E-state index in [1.54, 1.807) is 32.2 Å². The topological polar surface area (TPSA) is 171 Å². The van der Waals surface area contributed by atoms with Crippen LogP contribution in [0.3, 0.4) is 0 Å². The summed E-state index contributed by atoms with van der Waals surface area (Å²) in [6, 6.07) is 11.9. The fourth-order valence-corrected chi connectivity index (χ4v) is 5.11. The Morgan fingerprint density at radius 3 is 2.52 bits per heavy atom. The standard InChI is InChI=1S/C30H26N6O6/c1-30(2,22-7-4-17(11-24(22)42-3)18-10-16(13-31)14-32-15-18)35-29(41)33-19-5-6-20-21(12-19)28(40)36(27(20)39)23-8-9-25(37)34-26(23)38/h4-7,10-12,14-15,23H,8-9H2,1-3H3,(H2,33,35,41)(H,34,37,38). The van der Waals surface area contributed by atoms with E-state index in [-0.39, 0.29) is 29.7 Å². The molecular weight excluding hydrogens is 540 g/mol. The molecule has 0 aliphatic carbocycles. The molecule has 5 rings (SSSR count). The van der Waals surface area contributed by atoms with Crippen molar-refractivity contribution < 1.29 is 28.7 Å². The maximum absolute atomic E-state index is 13.1. The zero-order valence-corrected chi connectivity index (χ0v) is 23.0.